The average molecular weight is 302 g/mol. The molecule has 0 aliphatic carbocycles. The van der Waals surface area contributed by atoms with Gasteiger partial charge in [0.05, 0.1) is 6.10 Å². The molecular weight excluding hydrogens is 272 g/mol. The summed E-state index contributed by atoms with van der Waals surface area (Å²) >= 11 is 0. The summed E-state index contributed by atoms with van der Waals surface area (Å²) in [7, 11) is 0. The molecule has 3 heteroatoms. The summed E-state index contributed by atoms with van der Waals surface area (Å²) in [4.78, 5) is 6.95. The lowest BCUT2D eigenvalue weighted by atomic mass is 9.92. The molecule has 2 fully saturated rings. The molecule has 2 saturated heterocycles. The highest BCUT2D eigenvalue weighted by Crippen LogP contribution is 2.32. The third kappa shape index (κ3) is 4.08. The minimum atomic E-state index is 0.491. The Morgan fingerprint density at radius 1 is 1.18 bits per heavy atom. The molecule has 0 amide bonds. The van der Waals surface area contributed by atoms with Gasteiger partial charge >= 0.3 is 0 Å². The standard InChI is InChI=1S/C19H30N2O/c1-2-18-14-16(9-13-22-18)15-21-12-5-3-4-6-19(21)17-7-10-20-11-8-17/h7-8,10-11,16,18-19H,2-6,9,12-15H2,1H3/t16-,18-,19+/m1/s1. The lowest BCUT2D eigenvalue weighted by molar-refractivity contribution is -0.0207. The molecule has 0 aromatic carbocycles. The van der Waals surface area contributed by atoms with Crippen LogP contribution in [-0.4, -0.2) is 35.7 Å². The van der Waals surface area contributed by atoms with Crippen molar-refractivity contribution in [3.8, 4) is 0 Å². The Kier molecular flexibility index (Phi) is 5.85. The van der Waals surface area contributed by atoms with Crippen molar-refractivity contribution in [2.75, 3.05) is 19.7 Å². The first-order chi connectivity index (χ1) is 10.9. The summed E-state index contributed by atoms with van der Waals surface area (Å²) in [6, 6.07) is 5.01. The summed E-state index contributed by atoms with van der Waals surface area (Å²) < 4.78 is 5.86. The minimum absolute atomic E-state index is 0.491. The van der Waals surface area contributed by atoms with E-state index in [-0.39, 0.29) is 0 Å². The molecule has 0 bridgehead atoms. The van der Waals surface area contributed by atoms with Crippen LogP contribution < -0.4 is 0 Å². The third-order valence-electron chi connectivity index (χ3n) is 5.38. The average Bonchev–Trinajstić information content (AvgIpc) is 2.81. The molecule has 0 spiro atoms. The van der Waals surface area contributed by atoms with Gasteiger partial charge in [0.1, 0.15) is 0 Å². The zero-order chi connectivity index (χ0) is 15.2. The number of hydrogen-bond donors (Lipinski definition) is 0. The number of pyridine rings is 1. The monoisotopic (exact) mass is 302 g/mol. The van der Waals surface area contributed by atoms with Gasteiger partial charge in [-0.3, -0.25) is 9.88 Å². The van der Waals surface area contributed by atoms with E-state index in [9.17, 15) is 0 Å². The number of rotatable bonds is 4. The minimum Gasteiger partial charge on any atom is -0.378 e. The molecule has 3 nitrogen and oxygen atoms in total. The van der Waals surface area contributed by atoms with Gasteiger partial charge < -0.3 is 4.74 Å². The Hall–Kier alpha value is -0.930. The molecule has 1 aromatic rings. The lowest BCUT2D eigenvalue weighted by Gasteiger charge is -2.36. The second-order valence-corrected chi connectivity index (χ2v) is 6.93. The van der Waals surface area contributed by atoms with Crippen LogP contribution in [0.1, 0.15) is 63.5 Å². The largest absolute Gasteiger partial charge is 0.378 e. The lowest BCUT2D eigenvalue weighted by Crippen LogP contribution is -2.37. The zero-order valence-corrected chi connectivity index (χ0v) is 13.9. The molecule has 3 atom stereocenters. The molecule has 0 radical (unpaired) electrons. The van der Waals surface area contributed by atoms with E-state index in [2.05, 4.69) is 28.9 Å². The van der Waals surface area contributed by atoms with Crippen LogP contribution in [0.3, 0.4) is 0 Å². The van der Waals surface area contributed by atoms with Gasteiger partial charge in [-0.25, -0.2) is 0 Å². The van der Waals surface area contributed by atoms with Crippen LogP contribution in [0, 0.1) is 5.92 Å². The highest BCUT2D eigenvalue weighted by atomic mass is 16.5. The second-order valence-electron chi connectivity index (χ2n) is 6.93. The molecule has 1 aromatic heterocycles. The van der Waals surface area contributed by atoms with E-state index in [0.29, 0.717) is 12.1 Å². The molecule has 3 rings (SSSR count). The van der Waals surface area contributed by atoms with Crippen molar-refractivity contribution in [1.29, 1.82) is 0 Å². The molecule has 122 valence electrons. The van der Waals surface area contributed by atoms with Crippen LogP contribution in [0.2, 0.25) is 0 Å². The fraction of sp³-hybridized carbons (Fsp3) is 0.737. The summed E-state index contributed by atoms with van der Waals surface area (Å²) in [6.07, 6.45) is 13.4. The molecule has 2 aliphatic rings. The number of nitrogens with zero attached hydrogens (tertiary/aromatic N) is 2. The second kappa shape index (κ2) is 8.07. The van der Waals surface area contributed by atoms with E-state index in [4.69, 9.17) is 4.74 Å². The van der Waals surface area contributed by atoms with Crippen molar-refractivity contribution >= 4 is 0 Å². The Morgan fingerprint density at radius 3 is 2.86 bits per heavy atom. The maximum atomic E-state index is 5.86. The van der Waals surface area contributed by atoms with Crippen molar-refractivity contribution in [2.45, 2.75) is 64.0 Å². The molecule has 2 aliphatic heterocycles. The molecular formula is C19H30N2O. The zero-order valence-electron chi connectivity index (χ0n) is 13.9. The van der Waals surface area contributed by atoms with Crippen molar-refractivity contribution in [3.63, 3.8) is 0 Å². The van der Waals surface area contributed by atoms with Gasteiger partial charge in [-0.05, 0) is 62.3 Å². The highest BCUT2D eigenvalue weighted by Gasteiger charge is 2.28. The van der Waals surface area contributed by atoms with Gasteiger partial charge in [0, 0.05) is 31.6 Å². The van der Waals surface area contributed by atoms with E-state index in [0.717, 1.165) is 18.9 Å². The third-order valence-corrected chi connectivity index (χ3v) is 5.38. The Labute approximate surface area is 135 Å². The van der Waals surface area contributed by atoms with Gasteiger partial charge in [0.25, 0.3) is 0 Å². The van der Waals surface area contributed by atoms with Gasteiger partial charge in [0.2, 0.25) is 0 Å². The van der Waals surface area contributed by atoms with Crippen molar-refractivity contribution in [1.82, 2.24) is 9.88 Å². The molecule has 0 N–H and O–H groups in total. The topological polar surface area (TPSA) is 25.4 Å². The van der Waals surface area contributed by atoms with Crippen LogP contribution >= 0.6 is 0 Å². The first-order valence-corrected chi connectivity index (χ1v) is 9.12. The van der Waals surface area contributed by atoms with E-state index in [1.54, 1.807) is 0 Å². The van der Waals surface area contributed by atoms with E-state index in [1.165, 1.54) is 57.2 Å². The van der Waals surface area contributed by atoms with E-state index >= 15 is 0 Å². The van der Waals surface area contributed by atoms with Crippen LogP contribution in [0.5, 0.6) is 0 Å². The Bertz CT molecular complexity index is 436. The molecule has 3 heterocycles. The maximum absolute atomic E-state index is 5.86. The van der Waals surface area contributed by atoms with Crippen molar-refractivity contribution < 1.29 is 4.74 Å². The fourth-order valence-electron chi connectivity index (χ4n) is 4.09. The molecule has 0 unspecified atom stereocenters. The molecule has 0 saturated carbocycles. The predicted molar refractivity (Wildman–Crippen MR) is 89.8 cm³/mol. The van der Waals surface area contributed by atoms with Crippen LogP contribution in [0.4, 0.5) is 0 Å². The van der Waals surface area contributed by atoms with Crippen LogP contribution in [0.25, 0.3) is 0 Å². The number of aromatic nitrogens is 1. The summed E-state index contributed by atoms with van der Waals surface area (Å²) in [5.41, 5.74) is 1.45. The number of likely N-dealkylation sites (tertiary alicyclic amines) is 1. The van der Waals surface area contributed by atoms with Gasteiger partial charge in [-0.1, -0.05) is 19.8 Å². The van der Waals surface area contributed by atoms with E-state index in [1.807, 2.05) is 12.4 Å². The van der Waals surface area contributed by atoms with Crippen LogP contribution in [0.15, 0.2) is 24.5 Å². The normalized spacial score (nSPS) is 30.9. The summed E-state index contributed by atoms with van der Waals surface area (Å²) in [5, 5.41) is 0. The van der Waals surface area contributed by atoms with Gasteiger partial charge in [-0.15, -0.1) is 0 Å². The maximum Gasteiger partial charge on any atom is 0.0575 e. The van der Waals surface area contributed by atoms with Crippen LogP contribution in [-0.2, 0) is 4.74 Å². The Balaban J connectivity index is 1.68. The predicted octanol–water partition coefficient (Wildman–Crippen LogP) is 4.20. The Morgan fingerprint density at radius 2 is 2.05 bits per heavy atom. The quantitative estimate of drug-likeness (QED) is 0.833. The fourth-order valence-corrected chi connectivity index (χ4v) is 4.09. The smallest absolute Gasteiger partial charge is 0.0575 e. The van der Waals surface area contributed by atoms with Gasteiger partial charge in [-0.2, -0.15) is 0 Å². The summed E-state index contributed by atoms with van der Waals surface area (Å²) in [6.45, 7) is 5.70. The van der Waals surface area contributed by atoms with Crippen molar-refractivity contribution in [2.24, 2.45) is 5.92 Å². The van der Waals surface area contributed by atoms with E-state index < -0.39 is 0 Å². The van der Waals surface area contributed by atoms with Crippen molar-refractivity contribution in [3.05, 3.63) is 30.1 Å². The summed E-state index contributed by atoms with van der Waals surface area (Å²) in [5.74, 6) is 0.807. The molecule has 22 heavy (non-hydrogen) atoms. The van der Waals surface area contributed by atoms with Gasteiger partial charge in [0.15, 0.2) is 0 Å². The first-order valence-electron chi connectivity index (χ1n) is 9.12. The number of hydrogen-bond acceptors (Lipinski definition) is 3. The SMILES string of the molecule is CC[C@@H]1C[C@H](CN2CCCCC[C@H]2c2ccncc2)CCO1. The first kappa shape index (κ1) is 15.9. The highest BCUT2D eigenvalue weighted by molar-refractivity contribution is 5.15. The number of ether oxygens (including phenoxy) is 1.